The van der Waals surface area contributed by atoms with E-state index in [0.717, 1.165) is 70.0 Å². The Hall–Kier alpha value is -1.59. The molecule has 0 spiro atoms. The molecule has 2 aliphatic heterocycles. The summed E-state index contributed by atoms with van der Waals surface area (Å²) >= 11 is 0. The SMILES string of the molecule is CC(C)COc1ccc(C(=O)N2CCCC[C@H]2CCN2CCOCC2)cc1. The summed E-state index contributed by atoms with van der Waals surface area (Å²) in [7, 11) is 0. The lowest BCUT2D eigenvalue weighted by atomic mass is 9.97. The summed E-state index contributed by atoms with van der Waals surface area (Å²) in [6.45, 7) is 10.6. The van der Waals surface area contributed by atoms with Crippen LogP contribution < -0.4 is 4.74 Å². The van der Waals surface area contributed by atoms with Crippen molar-refractivity contribution in [3.8, 4) is 5.75 Å². The number of nitrogens with zero attached hydrogens (tertiary/aromatic N) is 2. The highest BCUT2D eigenvalue weighted by atomic mass is 16.5. The Morgan fingerprint density at radius 2 is 1.89 bits per heavy atom. The molecule has 3 rings (SSSR count). The van der Waals surface area contributed by atoms with Gasteiger partial charge in [-0.05, 0) is 55.9 Å². The van der Waals surface area contributed by atoms with Gasteiger partial charge in [-0.15, -0.1) is 0 Å². The highest BCUT2D eigenvalue weighted by Crippen LogP contribution is 2.23. The molecule has 27 heavy (non-hydrogen) atoms. The molecule has 1 aromatic rings. The van der Waals surface area contributed by atoms with Gasteiger partial charge in [0.25, 0.3) is 5.91 Å². The van der Waals surface area contributed by atoms with Crippen molar-refractivity contribution in [1.29, 1.82) is 0 Å². The van der Waals surface area contributed by atoms with Crippen LogP contribution >= 0.6 is 0 Å². The van der Waals surface area contributed by atoms with Gasteiger partial charge in [0, 0.05) is 37.8 Å². The van der Waals surface area contributed by atoms with Gasteiger partial charge in [0.15, 0.2) is 0 Å². The number of morpholine rings is 1. The highest BCUT2D eigenvalue weighted by Gasteiger charge is 2.28. The second-order valence-corrected chi connectivity index (χ2v) is 8.12. The van der Waals surface area contributed by atoms with Crippen molar-refractivity contribution in [2.45, 2.75) is 45.6 Å². The molecule has 0 saturated carbocycles. The van der Waals surface area contributed by atoms with Crippen molar-refractivity contribution in [3.63, 3.8) is 0 Å². The van der Waals surface area contributed by atoms with Crippen LogP contribution in [0.3, 0.4) is 0 Å². The maximum Gasteiger partial charge on any atom is 0.254 e. The fourth-order valence-electron chi connectivity index (χ4n) is 3.85. The molecule has 0 aliphatic carbocycles. The third kappa shape index (κ3) is 5.94. The van der Waals surface area contributed by atoms with Gasteiger partial charge in [-0.3, -0.25) is 9.69 Å². The summed E-state index contributed by atoms with van der Waals surface area (Å²) in [5.41, 5.74) is 0.769. The number of hydrogen-bond donors (Lipinski definition) is 0. The minimum Gasteiger partial charge on any atom is -0.493 e. The van der Waals surface area contributed by atoms with Gasteiger partial charge in [-0.1, -0.05) is 13.8 Å². The van der Waals surface area contributed by atoms with Crippen LogP contribution in [0.5, 0.6) is 5.75 Å². The summed E-state index contributed by atoms with van der Waals surface area (Å²) in [6, 6.07) is 8.01. The van der Waals surface area contributed by atoms with Crippen molar-refractivity contribution < 1.29 is 14.3 Å². The quantitative estimate of drug-likeness (QED) is 0.733. The zero-order valence-corrected chi connectivity index (χ0v) is 16.9. The molecule has 0 aromatic heterocycles. The molecule has 1 atom stereocenters. The number of hydrogen-bond acceptors (Lipinski definition) is 4. The minimum absolute atomic E-state index is 0.164. The Morgan fingerprint density at radius 3 is 2.59 bits per heavy atom. The molecule has 5 nitrogen and oxygen atoms in total. The molecule has 0 unspecified atom stereocenters. The highest BCUT2D eigenvalue weighted by molar-refractivity contribution is 5.94. The van der Waals surface area contributed by atoms with Crippen molar-refractivity contribution in [3.05, 3.63) is 29.8 Å². The van der Waals surface area contributed by atoms with E-state index >= 15 is 0 Å². The molecule has 0 radical (unpaired) electrons. The van der Waals surface area contributed by atoms with Gasteiger partial charge < -0.3 is 14.4 Å². The van der Waals surface area contributed by atoms with Gasteiger partial charge in [-0.2, -0.15) is 0 Å². The average molecular weight is 375 g/mol. The zero-order valence-electron chi connectivity index (χ0n) is 16.9. The standard InChI is InChI=1S/C22H34N2O3/c1-18(2)17-27-21-8-6-19(7-9-21)22(25)24-11-4-3-5-20(24)10-12-23-13-15-26-16-14-23/h6-9,18,20H,3-5,10-17H2,1-2H3/t20-/m0/s1. The number of benzene rings is 1. The van der Waals surface area contributed by atoms with Gasteiger partial charge in [0.2, 0.25) is 0 Å². The van der Waals surface area contributed by atoms with Crippen LogP contribution in [-0.4, -0.2) is 67.7 Å². The number of rotatable bonds is 7. The predicted octanol–water partition coefficient (Wildman–Crippen LogP) is 3.44. The van der Waals surface area contributed by atoms with Crippen molar-refractivity contribution in [1.82, 2.24) is 9.80 Å². The number of carbonyl (C=O) groups is 1. The largest absolute Gasteiger partial charge is 0.493 e. The first-order valence-corrected chi connectivity index (χ1v) is 10.5. The first kappa shape index (κ1) is 20.2. The van der Waals surface area contributed by atoms with E-state index in [9.17, 15) is 4.79 Å². The Kier molecular flexibility index (Phi) is 7.53. The lowest BCUT2D eigenvalue weighted by Crippen LogP contribution is -2.46. The third-order valence-electron chi connectivity index (χ3n) is 5.45. The second-order valence-electron chi connectivity index (χ2n) is 8.12. The molecular formula is C22H34N2O3. The summed E-state index contributed by atoms with van der Waals surface area (Å²) in [4.78, 5) is 17.7. The molecule has 1 aromatic carbocycles. The molecule has 2 heterocycles. The second kappa shape index (κ2) is 10.1. The van der Waals surface area contributed by atoms with Crippen LogP contribution in [0, 0.1) is 5.92 Å². The Balaban J connectivity index is 1.57. The van der Waals surface area contributed by atoms with Crippen LogP contribution in [0.25, 0.3) is 0 Å². The van der Waals surface area contributed by atoms with E-state index in [1.54, 1.807) is 0 Å². The normalized spacial score (nSPS) is 21.4. The Bertz CT molecular complexity index is 582. The van der Waals surface area contributed by atoms with E-state index in [2.05, 4.69) is 23.6 Å². The van der Waals surface area contributed by atoms with Crippen molar-refractivity contribution in [2.24, 2.45) is 5.92 Å². The summed E-state index contributed by atoms with van der Waals surface area (Å²) in [5.74, 6) is 1.49. The molecule has 0 bridgehead atoms. The van der Waals surface area contributed by atoms with E-state index in [4.69, 9.17) is 9.47 Å². The maximum atomic E-state index is 13.1. The van der Waals surface area contributed by atoms with Gasteiger partial charge >= 0.3 is 0 Å². The summed E-state index contributed by atoms with van der Waals surface area (Å²) in [5, 5.41) is 0. The number of carbonyl (C=O) groups excluding carboxylic acids is 1. The number of piperidine rings is 1. The van der Waals surface area contributed by atoms with E-state index < -0.39 is 0 Å². The summed E-state index contributed by atoms with van der Waals surface area (Å²) < 4.78 is 11.2. The minimum atomic E-state index is 0.164. The van der Waals surface area contributed by atoms with E-state index in [0.29, 0.717) is 18.6 Å². The lowest BCUT2D eigenvalue weighted by molar-refractivity contribution is 0.0295. The number of ether oxygens (including phenoxy) is 2. The van der Waals surface area contributed by atoms with Crippen molar-refractivity contribution in [2.75, 3.05) is 46.0 Å². The van der Waals surface area contributed by atoms with Crippen LogP contribution in [0.15, 0.2) is 24.3 Å². The Labute approximate surface area is 163 Å². The zero-order chi connectivity index (χ0) is 19.1. The average Bonchev–Trinajstić information content (AvgIpc) is 2.71. The van der Waals surface area contributed by atoms with E-state index in [-0.39, 0.29) is 5.91 Å². The lowest BCUT2D eigenvalue weighted by Gasteiger charge is -2.37. The number of amides is 1. The first-order valence-electron chi connectivity index (χ1n) is 10.5. The molecule has 0 N–H and O–H groups in total. The monoisotopic (exact) mass is 374 g/mol. The Morgan fingerprint density at radius 1 is 1.15 bits per heavy atom. The van der Waals surface area contributed by atoms with E-state index in [1.165, 1.54) is 6.42 Å². The van der Waals surface area contributed by atoms with Gasteiger partial charge in [-0.25, -0.2) is 0 Å². The van der Waals surface area contributed by atoms with Crippen LogP contribution in [0.2, 0.25) is 0 Å². The van der Waals surface area contributed by atoms with Crippen LogP contribution in [0.1, 0.15) is 49.9 Å². The molecule has 2 fully saturated rings. The number of likely N-dealkylation sites (tertiary alicyclic amines) is 1. The van der Waals surface area contributed by atoms with Crippen LogP contribution in [0.4, 0.5) is 0 Å². The fraction of sp³-hybridized carbons (Fsp3) is 0.682. The van der Waals surface area contributed by atoms with Crippen molar-refractivity contribution >= 4 is 5.91 Å². The van der Waals surface area contributed by atoms with Gasteiger partial charge in [0.1, 0.15) is 5.75 Å². The smallest absolute Gasteiger partial charge is 0.254 e. The first-order chi connectivity index (χ1) is 13.1. The van der Waals surface area contributed by atoms with Gasteiger partial charge in [0.05, 0.1) is 19.8 Å². The van der Waals surface area contributed by atoms with Crippen LogP contribution in [-0.2, 0) is 4.74 Å². The third-order valence-corrected chi connectivity index (χ3v) is 5.45. The molecule has 5 heteroatoms. The summed E-state index contributed by atoms with van der Waals surface area (Å²) in [6.07, 6.45) is 4.50. The predicted molar refractivity (Wildman–Crippen MR) is 107 cm³/mol. The molecule has 2 aliphatic rings. The van der Waals surface area contributed by atoms with E-state index in [1.807, 2.05) is 24.3 Å². The molecule has 1 amide bonds. The fourth-order valence-corrected chi connectivity index (χ4v) is 3.85. The molecular weight excluding hydrogens is 340 g/mol. The molecule has 150 valence electrons. The maximum absolute atomic E-state index is 13.1. The molecule has 2 saturated heterocycles. The topological polar surface area (TPSA) is 42.0 Å².